The summed E-state index contributed by atoms with van der Waals surface area (Å²) >= 11 is 0. The Labute approximate surface area is 96.9 Å². The maximum Gasteiger partial charge on any atom is 0.131 e. The molecule has 1 aromatic rings. The first-order chi connectivity index (χ1) is 7.63. The van der Waals surface area contributed by atoms with E-state index in [4.69, 9.17) is 5.73 Å². The van der Waals surface area contributed by atoms with Crippen molar-refractivity contribution in [3.8, 4) is 0 Å². The molecule has 2 rings (SSSR count). The molecule has 88 valence electrons. The molecule has 0 aromatic carbocycles. The van der Waals surface area contributed by atoms with Crippen LogP contribution < -0.4 is 10.6 Å². The van der Waals surface area contributed by atoms with Gasteiger partial charge in [-0.05, 0) is 12.8 Å². The summed E-state index contributed by atoms with van der Waals surface area (Å²) in [7, 11) is 2.10. The zero-order chi connectivity index (χ0) is 11.7. The Balaban J connectivity index is 2.30. The second-order valence-electron chi connectivity index (χ2n) is 4.76. The van der Waals surface area contributed by atoms with E-state index in [9.17, 15) is 0 Å². The van der Waals surface area contributed by atoms with E-state index in [0.29, 0.717) is 18.5 Å². The number of rotatable bonds is 4. The lowest BCUT2D eigenvalue weighted by atomic mass is 10.2. The summed E-state index contributed by atoms with van der Waals surface area (Å²) in [5, 5.41) is 0. The van der Waals surface area contributed by atoms with E-state index in [1.54, 1.807) is 0 Å². The van der Waals surface area contributed by atoms with Gasteiger partial charge in [0.1, 0.15) is 5.82 Å². The molecule has 1 fully saturated rings. The highest BCUT2D eigenvalue weighted by atomic mass is 15.2. The first kappa shape index (κ1) is 11.3. The Bertz CT molecular complexity index is 371. The third kappa shape index (κ3) is 2.16. The van der Waals surface area contributed by atoms with E-state index >= 15 is 0 Å². The molecule has 0 aliphatic heterocycles. The SMILES string of the molecule is CC(C)c1ncc(N(C)C2CC2)c(CN)n1. The molecule has 1 aliphatic carbocycles. The molecule has 0 saturated heterocycles. The van der Waals surface area contributed by atoms with Crippen LogP contribution in [0.5, 0.6) is 0 Å². The van der Waals surface area contributed by atoms with Gasteiger partial charge in [-0.1, -0.05) is 13.8 Å². The second-order valence-corrected chi connectivity index (χ2v) is 4.76. The van der Waals surface area contributed by atoms with Gasteiger partial charge in [0.2, 0.25) is 0 Å². The fraction of sp³-hybridized carbons (Fsp3) is 0.667. The van der Waals surface area contributed by atoms with Gasteiger partial charge in [-0.25, -0.2) is 9.97 Å². The number of hydrogen-bond donors (Lipinski definition) is 1. The lowest BCUT2D eigenvalue weighted by Gasteiger charge is -2.21. The molecule has 0 atom stereocenters. The van der Waals surface area contributed by atoms with Gasteiger partial charge in [0.25, 0.3) is 0 Å². The Hall–Kier alpha value is -1.16. The minimum atomic E-state index is 0.352. The predicted molar refractivity (Wildman–Crippen MR) is 65.4 cm³/mol. The highest BCUT2D eigenvalue weighted by Gasteiger charge is 2.28. The van der Waals surface area contributed by atoms with Crippen LogP contribution in [-0.4, -0.2) is 23.1 Å². The van der Waals surface area contributed by atoms with E-state index < -0.39 is 0 Å². The molecule has 0 spiro atoms. The quantitative estimate of drug-likeness (QED) is 0.838. The summed E-state index contributed by atoms with van der Waals surface area (Å²) < 4.78 is 0. The van der Waals surface area contributed by atoms with Crippen molar-refractivity contribution >= 4 is 5.69 Å². The summed E-state index contributed by atoms with van der Waals surface area (Å²) in [6.07, 6.45) is 4.46. The maximum atomic E-state index is 5.76. The summed E-state index contributed by atoms with van der Waals surface area (Å²) in [4.78, 5) is 11.2. The highest BCUT2D eigenvalue weighted by molar-refractivity contribution is 5.50. The molecular formula is C12H20N4. The maximum absolute atomic E-state index is 5.76. The van der Waals surface area contributed by atoms with E-state index in [1.807, 2.05) is 6.20 Å². The van der Waals surface area contributed by atoms with E-state index in [2.05, 4.69) is 35.8 Å². The van der Waals surface area contributed by atoms with Gasteiger partial charge in [-0.3, -0.25) is 0 Å². The van der Waals surface area contributed by atoms with Crippen molar-refractivity contribution in [1.29, 1.82) is 0 Å². The standard InChI is InChI=1S/C12H20N4/c1-8(2)12-14-7-11(10(6-13)15-12)16(3)9-4-5-9/h7-9H,4-6,13H2,1-3H3. The Kier molecular flexibility index (Phi) is 3.10. The predicted octanol–water partition coefficient (Wildman–Crippen LogP) is 1.66. The number of anilines is 1. The van der Waals surface area contributed by atoms with Crippen molar-refractivity contribution in [3.05, 3.63) is 17.7 Å². The Morgan fingerprint density at radius 1 is 1.50 bits per heavy atom. The fourth-order valence-corrected chi connectivity index (χ4v) is 1.81. The topological polar surface area (TPSA) is 55.0 Å². The zero-order valence-electron chi connectivity index (χ0n) is 10.3. The summed E-state index contributed by atoms with van der Waals surface area (Å²) in [5.74, 6) is 1.24. The molecule has 0 radical (unpaired) electrons. The van der Waals surface area contributed by atoms with Crippen LogP contribution in [0.1, 0.15) is 44.1 Å². The van der Waals surface area contributed by atoms with Crippen LogP contribution in [0.25, 0.3) is 0 Å². The molecule has 0 unspecified atom stereocenters. The molecule has 0 amide bonds. The number of nitrogens with zero attached hydrogens (tertiary/aromatic N) is 3. The van der Waals surface area contributed by atoms with Gasteiger partial charge in [0.15, 0.2) is 0 Å². The van der Waals surface area contributed by atoms with E-state index in [1.165, 1.54) is 12.8 Å². The normalized spacial score (nSPS) is 15.6. The third-order valence-electron chi connectivity index (χ3n) is 3.05. The lowest BCUT2D eigenvalue weighted by Crippen LogP contribution is -2.23. The van der Waals surface area contributed by atoms with E-state index in [-0.39, 0.29) is 0 Å². The van der Waals surface area contributed by atoms with Crippen LogP contribution in [0.4, 0.5) is 5.69 Å². The molecular weight excluding hydrogens is 200 g/mol. The minimum Gasteiger partial charge on any atom is -0.369 e. The van der Waals surface area contributed by atoms with Crippen molar-refractivity contribution in [3.63, 3.8) is 0 Å². The molecule has 1 saturated carbocycles. The highest BCUT2D eigenvalue weighted by Crippen LogP contribution is 2.31. The largest absolute Gasteiger partial charge is 0.369 e. The molecule has 1 heterocycles. The molecule has 1 aromatic heterocycles. The third-order valence-corrected chi connectivity index (χ3v) is 3.05. The summed E-state index contributed by atoms with van der Waals surface area (Å²) in [6.45, 7) is 4.68. The van der Waals surface area contributed by atoms with E-state index in [0.717, 1.165) is 17.2 Å². The summed E-state index contributed by atoms with van der Waals surface area (Å²) in [6, 6.07) is 0.666. The van der Waals surface area contributed by atoms with Gasteiger partial charge in [0.05, 0.1) is 17.6 Å². The van der Waals surface area contributed by atoms with Crippen LogP contribution in [0.3, 0.4) is 0 Å². The molecule has 0 bridgehead atoms. The van der Waals surface area contributed by atoms with Crippen LogP contribution in [0.15, 0.2) is 6.20 Å². The summed E-state index contributed by atoms with van der Waals surface area (Å²) in [5.41, 5.74) is 7.82. The molecule has 1 aliphatic rings. The zero-order valence-corrected chi connectivity index (χ0v) is 10.3. The van der Waals surface area contributed by atoms with Crippen LogP contribution in [-0.2, 0) is 6.54 Å². The smallest absolute Gasteiger partial charge is 0.131 e. The molecule has 16 heavy (non-hydrogen) atoms. The monoisotopic (exact) mass is 220 g/mol. The molecule has 2 N–H and O–H groups in total. The van der Waals surface area contributed by atoms with Crippen LogP contribution in [0.2, 0.25) is 0 Å². The Morgan fingerprint density at radius 3 is 2.69 bits per heavy atom. The van der Waals surface area contributed by atoms with Gasteiger partial charge >= 0.3 is 0 Å². The minimum absolute atomic E-state index is 0.352. The second kappa shape index (κ2) is 4.37. The average molecular weight is 220 g/mol. The number of nitrogens with two attached hydrogens (primary N) is 1. The van der Waals surface area contributed by atoms with Crippen LogP contribution >= 0.6 is 0 Å². The number of aromatic nitrogens is 2. The van der Waals surface area contributed by atoms with Crippen LogP contribution in [0, 0.1) is 0 Å². The molecule has 4 nitrogen and oxygen atoms in total. The average Bonchev–Trinajstić information content (AvgIpc) is 3.11. The lowest BCUT2D eigenvalue weighted by molar-refractivity contribution is 0.748. The van der Waals surface area contributed by atoms with Crippen molar-refractivity contribution in [2.75, 3.05) is 11.9 Å². The number of hydrogen-bond acceptors (Lipinski definition) is 4. The Morgan fingerprint density at radius 2 is 2.19 bits per heavy atom. The van der Waals surface area contributed by atoms with Crippen molar-refractivity contribution in [2.45, 2.75) is 45.2 Å². The fourth-order valence-electron chi connectivity index (χ4n) is 1.81. The van der Waals surface area contributed by atoms with Gasteiger partial charge < -0.3 is 10.6 Å². The molecule has 4 heteroatoms. The van der Waals surface area contributed by atoms with Gasteiger partial charge in [-0.2, -0.15) is 0 Å². The van der Waals surface area contributed by atoms with Gasteiger partial charge in [-0.15, -0.1) is 0 Å². The van der Waals surface area contributed by atoms with Crippen molar-refractivity contribution < 1.29 is 0 Å². The van der Waals surface area contributed by atoms with Crippen molar-refractivity contribution in [1.82, 2.24) is 9.97 Å². The first-order valence-corrected chi connectivity index (χ1v) is 5.92. The first-order valence-electron chi connectivity index (χ1n) is 5.92. The van der Waals surface area contributed by atoms with Crippen molar-refractivity contribution in [2.24, 2.45) is 5.73 Å². The van der Waals surface area contributed by atoms with Gasteiger partial charge in [0, 0.05) is 25.6 Å².